The summed E-state index contributed by atoms with van der Waals surface area (Å²) in [6.45, 7) is 0.347. The van der Waals surface area contributed by atoms with Crippen LogP contribution in [0.3, 0.4) is 0 Å². The smallest absolute Gasteiger partial charge is 0.328 e. The van der Waals surface area contributed by atoms with Crippen LogP contribution in [0, 0.1) is 0 Å². The molecule has 2 aliphatic heterocycles. The molecule has 0 amide bonds. The molecule has 12 heavy (non-hydrogen) atoms. The van der Waals surface area contributed by atoms with Crippen LogP contribution < -0.4 is 0 Å². The summed E-state index contributed by atoms with van der Waals surface area (Å²) in [7, 11) is 0. The predicted molar refractivity (Wildman–Crippen MR) is 43.8 cm³/mol. The zero-order chi connectivity index (χ0) is 8.55. The highest BCUT2D eigenvalue weighted by Crippen LogP contribution is 2.15. The van der Waals surface area contributed by atoms with E-state index in [0.29, 0.717) is 6.54 Å². The predicted octanol–water partition coefficient (Wildman–Crippen LogP) is 0.237. The van der Waals surface area contributed by atoms with E-state index in [-0.39, 0.29) is 0 Å². The van der Waals surface area contributed by atoms with Crippen LogP contribution in [0.2, 0.25) is 0 Å². The van der Waals surface area contributed by atoms with Crippen molar-refractivity contribution in [2.45, 2.75) is 6.04 Å². The SMILES string of the molecule is O=C(O)[C@@H]1CN=C2C=CC=CN21. The molecule has 2 heterocycles. The van der Waals surface area contributed by atoms with Crippen molar-refractivity contribution in [3.63, 3.8) is 0 Å². The van der Waals surface area contributed by atoms with Crippen LogP contribution in [-0.4, -0.2) is 34.4 Å². The van der Waals surface area contributed by atoms with Crippen molar-refractivity contribution in [1.29, 1.82) is 0 Å². The normalized spacial score (nSPS) is 25.5. The van der Waals surface area contributed by atoms with Gasteiger partial charge in [0.15, 0.2) is 6.04 Å². The lowest BCUT2D eigenvalue weighted by Gasteiger charge is -2.20. The minimum absolute atomic E-state index is 0.347. The van der Waals surface area contributed by atoms with E-state index in [4.69, 9.17) is 5.11 Å². The van der Waals surface area contributed by atoms with E-state index in [1.807, 2.05) is 12.2 Å². The standard InChI is InChI=1S/C8H8N2O2/c11-8(12)6-5-9-7-3-1-2-4-10(6)7/h1-4,6H,5H2,(H,11,12)/t6-/m0/s1. The Morgan fingerprint density at radius 1 is 1.67 bits per heavy atom. The summed E-state index contributed by atoms with van der Waals surface area (Å²) in [5, 5.41) is 8.78. The van der Waals surface area contributed by atoms with Crippen molar-refractivity contribution >= 4 is 11.8 Å². The van der Waals surface area contributed by atoms with E-state index in [1.165, 1.54) is 0 Å². The van der Waals surface area contributed by atoms with Gasteiger partial charge in [0.05, 0.1) is 6.54 Å². The molecule has 2 aliphatic rings. The average molecular weight is 164 g/mol. The number of amidine groups is 1. The van der Waals surface area contributed by atoms with E-state index in [1.54, 1.807) is 17.2 Å². The van der Waals surface area contributed by atoms with Crippen LogP contribution in [0.4, 0.5) is 0 Å². The second-order valence-electron chi connectivity index (χ2n) is 2.66. The third-order valence-electron chi connectivity index (χ3n) is 1.91. The van der Waals surface area contributed by atoms with Crippen LogP contribution in [0.1, 0.15) is 0 Å². The molecule has 4 nitrogen and oxygen atoms in total. The van der Waals surface area contributed by atoms with E-state index < -0.39 is 12.0 Å². The molecule has 0 unspecified atom stereocenters. The van der Waals surface area contributed by atoms with Crippen molar-refractivity contribution in [2.75, 3.05) is 6.54 Å². The monoisotopic (exact) mass is 164 g/mol. The third kappa shape index (κ3) is 0.922. The van der Waals surface area contributed by atoms with Gasteiger partial charge in [-0.2, -0.15) is 0 Å². The fourth-order valence-electron chi connectivity index (χ4n) is 1.31. The molecule has 0 aromatic carbocycles. The zero-order valence-corrected chi connectivity index (χ0v) is 6.34. The van der Waals surface area contributed by atoms with Crippen molar-refractivity contribution in [2.24, 2.45) is 4.99 Å². The molecule has 0 aromatic heterocycles. The van der Waals surface area contributed by atoms with Crippen molar-refractivity contribution in [3.8, 4) is 0 Å². The molecule has 0 saturated carbocycles. The first-order valence-electron chi connectivity index (χ1n) is 3.69. The fourth-order valence-corrected chi connectivity index (χ4v) is 1.31. The second-order valence-corrected chi connectivity index (χ2v) is 2.66. The minimum Gasteiger partial charge on any atom is -0.480 e. The minimum atomic E-state index is -0.825. The Labute approximate surface area is 69.5 Å². The first kappa shape index (κ1) is 7.09. The van der Waals surface area contributed by atoms with Gasteiger partial charge in [0, 0.05) is 6.20 Å². The van der Waals surface area contributed by atoms with Gasteiger partial charge in [-0.05, 0) is 12.2 Å². The molecule has 2 rings (SSSR count). The number of carboxylic acid groups (broad SMARTS) is 1. The molecular weight excluding hydrogens is 156 g/mol. The summed E-state index contributed by atoms with van der Waals surface area (Å²) in [5.74, 6) is -0.0846. The molecule has 0 radical (unpaired) electrons. The van der Waals surface area contributed by atoms with E-state index >= 15 is 0 Å². The molecular formula is C8H8N2O2. The highest BCUT2D eigenvalue weighted by Gasteiger charge is 2.30. The summed E-state index contributed by atoms with van der Waals surface area (Å²) in [6, 6.07) is -0.513. The summed E-state index contributed by atoms with van der Waals surface area (Å²) >= 11 is 0. The number of carboxylic acids is 1. The van der Waals surface area contributed by atoms with E-state index in [2.05, 4.69) is 4.99 Å². The molecule has 0 saturated heterocycles. The molecule has 0 aromatic rings. The first-order valence-corrected chi connectivity index (χ1v) is 3.69. The number of allylic oxidation sites excluding steroid dienone is 2. The number of aliphatic imine (C=N–C) groups is 1. The summed E-state index contributed by atoms with van der Waals surface area (Å²) in [4.78, 5) is 16.4. The van der Waals surface area contributed by atoms with E-state index in [0.717, 1.165) is 5.84 Å². The Kier molecular flexibility index (Phi) is 1.46. The number of rotatable bonds is 1. The molecule has 0 fully saturated rings. The van der Waals surface area contributed by atoms with Gasteiger partial charge in [-0.25, -0.2) is 4.79 Å². The van der Waals surface area contributed by atoms with Gasteiger partial charge in [0.25, 0.3) is 0 Å². The summed E-state index contributed by atoms with van der Waals surface area (Å²) < 4.78 is 0. The largest absolute Gasteiger partial charge is 0.480 e. The van der Waals surface area contributed by atoms with Gasteiger partial charge in [-0.15, -0.1) is 0 Å². The highest BCUT2D eigenvalue weighted by atomic mass is 16.4. The van der Waals surface area contributed by atoms with Gasteiger partial charge in [-0.3, -0.25) is 4.99 Å². The molecule has 0 aliphatic carbocycles. The summed E-state index contributed by atoms with van der Waals surface area (Å²) in [6.07, 6.45) is 7.20. The number of aliphatic carboxylic acids is 1. The average Bonchev–Trinajstić information content (AvgIpc) is 2.47. The quantitative estimate of drug-likeness (QED) is 0.603. The fraction of sp³-hybridized carbons (Fsp3) is 0.250. The van der Waals surface area contributed by atoms with Gasteiger partial charge in [0.1, 0.15) is 5.84 Å². The molecule has 1 N–H and O–H groups in total. The first-order chi connectivity index (χ1) is 5.79. The van der Waals surface area contributed by atoms with Crippen molar-refractivity contribution in [3.05, 3.63) is 24.4 Å². The number of hydrogen-bond acceptors (Lipinski definition) is 3. The maximum absolute atomic E-state index is 10.7. The lowest BCUT2D eigenvalue weighted by atomic mass is 10.2. The van der Waals surface area contributed by atoms with Gasteiger partial charge < -0.3 is 10.0 Å². The van der Waals surface area contributed by atoms with Crippen LogP contribution in [-0.2, 0) is 4.79 Å². The number of carbonyl (C=O) groups is 1. The zero-order valence-electron chi connectivity index (χ0n) is 6.34. The Morgan fingerprint density at radius 2 is 2.50 bits per heavy atom. The molecule has 4 heteroatoms. The Balaban J connectivity index is 2.25. The number of nitrogens with zero attached hydrogens (tertiary/aromatic N) is 2. The third-order valence-corrected chi connectivity index (χ3v) is 1.91. The number of hydrogen-bond donors (Lipinski definition) is 1. The molecule has 0 bridgehead atoms. The topological polar surface area (TPSA) is 52.9 Å². The Hall–Kier alpha value is -1.58. The Morgan fingerprint density at radius 3 is 3.25 bits per heavy atom. The molecule has 1 atom stereocenters. The maximum Gasteiger partial charge on any atom is 0.328 e. The summed E-state index contributed by atoms with van der Waals surface area (Å²) in [5.41, 5.74) is 0. The van der Waals surface area contributed by atoms with Crippen molar-refractivity contribution < 1.29 is 9.90 Å². The second kappa shape index (κ2) is 2.48. The lowest BCUT2D eigenvalue weighted by Crippen LogP contribution is -2.38. The van der Waals surface area contributed by atoms with Gasteiger partial charge in [0.2, 0.25) is 0 Å². The van der Waals surface area contributed by atoms with Gasteiger partial charge >= 0.3 is 5.97 Å². The number of fused-ring (bicyclic) bond motifs is 1. The van der Waals surface area contributed by atoms with Crippen molar-refractivity contribution in [1.82, 2.24) is 4.90 Å². The molecule has 62 valence electrons. The van der Waals surface area contributed by atoms with Crippen LogP contribution in [0.25, 0.3) is 0 Å². The van der Waals surface area contributed by atoms with Crippen LogP contribution >= 0.6 is 0 Å². The lowest BCUT2D eigenvalue weighted by molar-refractivity contribution is -0.140. The maximum atomic E-state index is 10.7. The van der Waals surface area contributed by atoms with Crippen LogP contribution in [0.15, 0.2) is 29.4 Å². The Bertz CT molecular complexity index is 304. The molecule has 0 spiro atoms. The van der Waals surface area contributed by atoms with Crippen LogP contribution in [0.5, 0.6) is 0 Å². The van der Waals surface area contributed by atoms with Gasteiger partial charge in [-0.1, -0.05) is 6.08 Å². The van der Waals surface area contributed by atoms with E-state index in [9.17, 15) is 4.79 Å². The highest BCUT2D eigenvalue weighted by molar-refractivity contribution is 5.99.